The third kappa shape index (κ3) is 28.0. The van der Waals surface area contributed by atoms with Crippen molar-refractivity contribution in [2.75, 3.05) is 27.4 Å². The first-order chi connectivity index (χ1) is 20.5. The van der Waals surface area contributed by atoms with Crippen LogP contribution in [0, 0.1) is 60.7 Å². The fourth-order valence-corrected chi connectivity index (χ4v) is 5.55. The van der Waals surface area contributed by atoms with E-state index in [0.29, 0.717) is 12.5 Å². The van der Waals surface area contributed by atoms with Gasteiger partial charge in [-0.25, -0.2) is 0 Å². The summed E-state index contributed by atoms with van der Waals surface area (Å²) in [6, 6.07) is 0. The van der Waals surface area contributed by atoms with Crippen LogP contribution < -0.4 is 0 Å². The maximum Gasteiger partial charge on any atom is 0 e. The van der Waals surface area contributed by atoms with Crippen LogP contribution in [0.4, 0.5) is 0 Å². The first kappa shape index (κ1) is 71.4. The molecule has 270 valence electrons. The van der Waals surface area contributed by atoms with E-state index in [1.807, 2.05) is 6.08 Å². The van der Waals surface area contributed by atoms with Crippen molar-refractivity contribution in [2.45, 2.75) is 70.6 Å². The zero-order valence-electron chi connectivity index (χ0n) is 28.7. The predicted octanol–water partition coefficient (Wildman–Crippen LogP) is 5.26. The fraction of sp³-hybridized carbons (Fsp3) is 0.500. The van der Waals surface area contributed by atoms with Gasteiger partial charge in [-0.3, -0.25) is 0 Å². The van der Waals surface area contributed by atoms with Crippen LogP contribution in [-0.2, 0) is 85.4 Å². The van der Waals surface area contributed by atoms with Crippen molar-refractivity contribution in [2.24, 2.45) is 5.92 Å². The van der Waals surface area contributed by atoms with Crippen LogP contribution in [0.25, 0.3) is 0 Å². The Morgan fingerprint density at radius 1 is 0.787 bits per heavy atom. The zero-order chi connectivity index (χ0) is 35.8. The molecule has 0 aromatic carbocycles. The minimum Gasteiger partial charge on any atom is -0.358 e. The van der Waals surface area contributed by atoms with E-state index in [4.69, 9.17) is 56.4 Å². The predicted molar refractivity (Wildman–Crippen MR) is 164 cm³/mol. The van der Waals surface area contributed by atoms with E-state index >= 15 is 0 Å². The Kier molecular flexibility index (Phi) is 70.7. The smallest absolute Gasteiger partial charge is 0 e. The van der Waals surface area contributed by atoms with Gasteiger partial charge in [0.1, 0.15) is 12.2 Å². The molecule has 0 unspecified atom stereocenters. The van der Waals surface area contributed by atoms with Gasteiger partial charge in [-0.15, -0.1) is 0 Å². The summed E-state index contributed by atoms with van der Waals surface area (Å²) in [6.07, 6.45) is 6.37. The van der Waals surface area contributed by atoms with E-state index in [2.05, 4.69) is 93.8 Å². The monoisotopic (exact) mass is 764 g/mol. The molecule has 0 spiro atoms. The maximum absolute atomic E-state index is 8.73. The molecule has 2 aliphatic heterocycles. The Bertz CT molecular complexity index is 874. The maximum atomic E-state index is 8.73. The summed E-state index contributed by atoms with van der Waals surface area (Å²) in [6.45, 7) is 48.7. The van der Waals surface area contributed by atoms with Crippen LogP contribution in [0.15, 0.2) is 48.6 Å². The molecule has 0 fully saturated rings. The van der Waals surface area contributed by atoms with E-state index < -0.39 is 8.32 Å². The van der Waals surface area contributed by atoms with Crippen LogP contribution in [0.5, 0.6) is 0 Å². The van der Waals surface area contributed by atoms with E-state index in [-0.39, 0.29) is 85.4 Å². The van der Waals surface area contributed by atoms with Crippen LogP contribution in [0.3, 0.4) is 0 Å². The van der Waals surface area contributed by atoms with Crippen molar-refractivity contribution in [1.82, 2.24) is 0 Å². The Hall–Kier alpha value is -1.58. The molecular formula is C32H48Fe2O12Si-2. The SMILES string of the molecule is C=CC1=C[C@@H](CO)O[C@H]1OC.C=CC1=C[C@@H](CO[Si](C)(C)C(C)(C)C(C)C)O[C@H]1OC.[C-]#[O+].[C-]#[O+].[C-]#[O+].[C-]#[O+].[C-]#[O+].[C-]#[O+].[CH3-].[CH3-].[Fe].[Fe]. The molecule has 15 heteroatoms. The number of aliphatic hydroxyl groups is 1. The summed E-state index contributed by atoms with van der Waals surface area (Å²) >= 11 is 0. The van der Waals surface area contributed by atoms with Gasteiger partial charge in [0.05, 0.1) is 13.2 Å². The molecule has 0 aromatic rings. The second-order valence-electron chi connectivity index (χ2n) is 9.11. The minimum atomic E-state index is -1.80. The van der Waals surface area contributed by atoms with E-state index in [0.717, 1.165) is 11.1 Å². The molecule has 12 nitrogen and oxygen atoms in total. The van der Waals surface area contributed by atoms with Crippen LogP contribution in [0.1, 0.15) is 27.7 Å². The third-order valence-electron chi connectivity index (χ3n) is 6.58. The van der Waals surface area contributed by atoms with Gasteiger partial charge in [-0.05, 0) is 36.2 Å². The van der Waals surface area contributed by atoms with Gasteiger partial charge in [0.2, 0.25) is 0 Å². The van der Waals surface area contributed by atoms with Crippen LogP contribution >= 0.6 is 0 Å². The van der Waals surface area contributed by atoms with Gasteiger partial charge < -0.3 is 43.3 Å². The summed E-state index contributed by atoms with van der Waals surface area (Å²) in [5.74, 6) is 0.597. The van der Waals surface area contributed by atoms with Crippen molar-refractivity contribution in [3.8, 4) is 0 Å². The molecule has 0 saturated carbocycles. The molecule has 2 heterocycles. The van der Waals surface area contributed by atoms with Crippen molar-refractivity contribution >= 4 is 8.32 Å². The number of hydrogen-bond acceptors (Lipinski definition) is 6. The molecule has 0 amide bonds. The van der Waals surface area contributed by atoms with Crippen molar-refractivity contribution in [3.63, 3.8) is 0 Å². The third-order valence-corrected chi connectivity index (χ3v) is 11.1. The Balaban J connectivity index is -0.0000000546. The van der Waals surface area contributed by atoms with Gasteiger partial charge in [0, 0.05) is 59.5 Å². The molecule has 1 N–H and O–H groups in total. The number of ether oxygens (including phenoxy) is 4. The van der Waals surface area contributed by atoms with Gasteiger partial charge in [-0.1, -0.05) is 53.0 Å². The second-order valence-corrected chi connectivity index (χ2v) is 13.7. The Labute approximate surface area is 305 Å². The molecule has 0 saturated heterocycles. The standard InChI is InChI=1S/C16H30O3Si.C8H12O3.6CO.2CH3.2Fe/c1-9-13-10-14(19-15(13)17-6)11-18-20(7,8)16(4,5)12(2)3;1-3-6-4-7(5-9)11-8(6)10-2;6*1-2;;;;/h9-10,12,14-15H,1,11H2,2-8H3;3-4,7-9H,1,5H2,2H3;;;;;;;2*1H3;;/q;;;;;;;;2*-1;;/t14-,15+;7-,8+;;;;;;;;;;/m00........../s1. The van der Waals surface area contributed by atoms with E-state index in [9.17, 15) is 0 Å². The molecule has 0 aliphatic carbocycles. The molecule has 47 heavy (non-hydrogen) atoms. The van der Waals surface area contributed by atoms with Crippen molar-refractivity contribution in [1.29, 1.82) is 0 Å². The average Bonchev–Trinajstić information content (AvgIpc) is 3.69. The summed E-state index contributed by atoms with van der Waals surface area (Å²) in [5.41, 5.74) is 1.87. The fourth-order valence-electron chi connectivity index (χ4n) is 3.21. The van der Waals surface area contributed by atoms with Gasteiger partial charge in [0.25, 0.3) is 0 Å². The van der Waals surface area contributed by atoms with Gasteiger partial charge in [0.15, 0.2) is 20.9 Å². The average molecular weight is 765 g/mol. The number of hydrogen-bond donors (Lipinski definition) is 1. The normalized spacial score (nSPS) is 17.6. The van der Waals surface area contributed by atoms with Crippen LogP contribution in [0.2, 0.25) is 18.1 Å². The quantitative estimate of drug-likeness (QED) is 0.180. The molecule has 0 bridgehead atoms. The molecule has 0 aromatic heterocycles. The number of methoxy groups -OCH3 is 2. The zero-order valence-corrected chi connectivity index (χ0v) is 31.9. The molecule has 2 aliphatic rings. The summed E-state index contributed by atoms with van der Waals surface area (Å²) in [7, 11) is 1.40. The van der Waals surface area contributed by atoms with E-state index in [1.165, 1.54) is 0 Å². The number of aliphatic hydroxyl groups excluding tert-OH is 1. The summed E-state index contributed by atoms with van der Waals surface area (Å²) in [5, 5.41) is 8.95. The molecule has 4 atom stereocenters. The summed E-state index contributed by atoms with van der Waals surface area (Å²) < 4.78 is 72.6. The second kappa shape index (κ2) is 46.5. The molecular weight excluding hydrogens is 716 g/mol. The van der Waals surface area contributed by atoms with Crippen molar-refractivity contribution in [3.05, 3.63) is 103 Å². The van der Waals surface area contributed by atoms with Crippen molar-refractivity contribution < 1.29 is 90.5 Å². The number of rotatable bonds is 10. The van der Waals surface area contributed by atoms with Crippen LogP contribution in [-0.4, -0.2) is 65.6 Å². The Morgan fingerprint density at radius 2 is 1.09 bits per heavy atom. The summed E-state index contributed by atoms with van der Waals surface area (Å²) in [4.78, 5) is 0. The first-order valence-corrected chi connectivity index (χ1v) is 14.9. The Morgan fingerprint density at radius 3 is 1.32 bits per heavy atom. The largest absolute Gasteiger partial charge is 0.358 e. The minimum absolute atomic E-state index is 0. The van der Waals surface area contributed by atoms with Gasteiger partial charge >= 0.3 is 67.8 Å². The van der Waals surface area contributed by atoms with Gasteiger partial charge in [-0.2, -0.15) is 0 Å². The first-order valence-electron chi connectivity index (χ1n) is 12.0. The topological polar surface area (TPSA) is 186 Å². The molecule has 0 radical (unpaired) electrons. The van der Waals surface area contributed by atoms with E-state index in [1.54, 1.807) is 32.4 Å². The molecule has 2 rings (SSSR count).